The predicted molar refractivity (Wildman–Crippen MR) is 87.9 cm³/mol. The molecule has 0 unspecified atom stereocenters. The van der Waals surface area contributed by atoms with Crippen molar-refractivity contribution >= 4 is 30.0 Å². The fourth-order valence-corrected chi connectivity index (χ4v) is 2.46. The Morgan fingerprint density at radius 3 is 2.78 bits per heavy atom. The number of hydrogen-bond acceptors (Lipinski definition) is 4. The van der Waals surface area contributed by atoms with E-state index < -0.39 is 0 Å². The number of benzene rings is 1. The summed E-state index contributed by atoms with van der Waals surface area (Å²) in [4.78, 5) is 0. The minimum atomic E-state index is -0.277. The molecule has 0 saturated carbocycles. The Morgan fingerprint density at radius 2 is 2.13 bits per heavy atom. The lowest BCUT2D eigenvalue weighted by atomic mass is 10.2. The van der Waals surface area contributed by atoms with Gasteiger partial charge in [-0.1, -0.05) is 23.7 Å². The molecule has 9 heteroatoms. The standard InChI is InChI=1S/C14H12ClFN6S/c1-9-12(6-18-22-8-17-19-14(22)23)13(15)21(20-9)7-10-2-4-11(16)5-3-10/h2-6,8H,7H2,1H3,(H,19,23). The molecule has 0 radical (unpaired) electrons. The molecule has 0 saturated heterocycles. The minimum Gasteiger partial charge on any atom is -0.250 e. The minimum absolute atomic E-state index is 0.277. The lowest BCUT2D eigenvalue weighted by molar-refractivity contribution is 0.624. The first kappa shape index (κ1) is 15.6. The quantitative estimate of drug-likeness (QED) is 0.580. The molecule has 0 spiro atoms. The van der Waals surface area contributed by atoms with Crippen LogP contribution in [-0.4, -0.2) is 30.9 Å². The molecule has 1 N–H and O–H groups in total. The molecule has 2 aromatic heterocycles. The van der Waals surface area contributed by atoms with Gasteiger partial charge in [0.25, 0.3) is 0 Å². The molecular weight excluding hydrogens is 339 g/mol. The number of nitrogens with zero attached hydrogens (tertiary/aromatic N) is 5. The zero-order valence-electron chi connectivity index (χ0n) is 12.1. The molecule has 0 aliphatic carbocycles. The van der Waals surface area contributed by atoms with Crippen LogP contribution in [-0.2, 0) is 6.54 Å². The number of halogens is 2. The lowest BCUT2D eigenvalue weighted by Crippen LogP contribution is -2.02. The van der Waals surface area contributed by atoms with Crippen molar-refractivity contribution in [2.75, 3.05) is 0 Å². The number of nitrogens with one attached hydrogen (secondary N) is 1. The van der Waals surface area contributed by atoms with E-state index in [1.54, 1.807) is 23.0 Å². The van der Waals surface area contributed by atoms with E-state index in [4.69, 9.17) is 23.8 Å². The van der Waals surface area contributed by atoms with Crippen LogP contribution in [0.5, 0.6) is 0 Å². The molecular formula is C14H12ClFN6S. The first-order valence-corrected chi connectivity index (χ1v) is 7.47. The average molecular weight is 351 g/mol. The van der Waals surface area contributed by atoms with Crippen molar-refractivity contribution in [2.24, 2.45) is 5.10 Å². The Bertz CT molecular complexity index is 908. The predicted octanol–water partition coefficient (Wildman–Crippen LogP) is 3.17. The molecule has 3 aromatic rings. The summed E-state index contributed by atoms with van der Waals surface area (Å²) < 4.78 is 16.4. The summed E-state index contributed by atoms with van der Waals surface area (Å²) in [7, 11) is 0. The van der Waals surface area contributed by atoms with Crippen LogP contribution >= 0.6 is 23.8 Å². The number of aromatic amines is 1. The molecule has 6 nitrogen and oxygen atoms in total. The van der Waals surface area contributed by atoms with Crippen molar-refractivity contribution in [3.63, 3.8) is 0 Å². The smallest absolute Gasteiger partial charge is 0.216 e. The van der Waals surface area contributed by atoms with Crippen LogP contribution < -0.4 is 0 Å². The van der Waals surface area contributed by atoms with Crippen LogP contribution in [0.4, 0.5) is 4.39 Å². The summed E-state index contributed by atoms with van der Waals surface area (Å²) in [5.41, 5.74) is 2.32. The van der Waals surface area contributed by atoms with Gasteiger partial charge in [0.15, 0.2) is 0 Å². The summed E-state index contributed by atoms with van der Waals surface area (Å²) in [5.74, 6) is -0.277. The van der Waals surface area contributed by atoms with E-state index in [1.165, 1.54) is 23.1 Å². The van der Waals surface area contributed by atoms with Gasteiger partial charge in [-0.15, -0.1) is 0 Å². The zero-order chi connectivity index (χ0) is 16.4. The highest BCUT2D eigenvalue weighted by Gasteiger charge is 2.12. The summed E-state index contributed by atoms with van der Waals surface area (Å²) in [5, 5.41) is 15.4. The Labute approximate surface area is 141 Å². The lowest BCUT2D eigenvalue weighted by Gasteiger charge is -2.03. The third-order valence-corrected chi connectivity index (χ3v) is 3.88. The number of aryl methyl sites for hydroxylation is 1. The van der Waals surface area contributed by atoms with E-state index in [2.05, 4.69) is 20.4 Å². The summed E-state index contributed by atoms with van der Waals surface area (Å²) in [6, 6.07) is 6.20. The zero-order valence-corrected chi connectivity index (χ0v) is 13.6. The van der Waals surface area contributed by atoms with Crippen LogP contribution in [0, 0.1) is 17.5 Å². The van der Waals surface area contributed by atoms with Gasteiger partial charge in [-0.2, -0.15) is 20.0 Å². The molecule has 0 fully saturated rings. The fourth-order valence-electron chi connectivity index (χ4n) is 2.03. The van der Waals surface area contributed by atoms with E-state index in [9.17, 15) is 4.39 Å². The second kappa shape index (κ2) is 6.43. The molecule has 0 aliphatic heterocycles. The Morgan fingerprint density at radius 1 is 1.39 bits per heavy atom. The van der Waals surface area contributed by atoms with Crippen molar-refractivity contribution < 1.29 is 4.39 Å². The van der Waals surface area contributed by atoms with Crippen LogP contribution in [0.25, 0.3) is 0 Å². The SMILES string of the molecule is Cc1nn(Cc2ccc(F)cc2)c(Cl)c1C=Nn1cn[nH]c1=S. The number of H-pyrrole nitrogens is 1. The van der Waals surface area contributed by atoms with Crippen LogP contribution in [0.3, 0.4) is 0 Å². The van der Waals surface area contributed by atoms with Crippen LogP contribution in [0.2, 0.25) is 5.15 Å². The second-order valence-corrected chi connectivity index (χ2v) is 5.57. The molecule has 2 heterocycles. The van der Waals surface area contributed by atoms with Gasteiger partial charge in [0.1, 0.15) is 17.3 Å². The largest absolute Gasteiger partial charge is 0.250 e. The molecule has 0 amide bonds. The van der Waals surface area contributed by atoms with Gasteiger partial charge in [0, 0.05) is 0 Å². The van der Waals surface area contributed by atoms with Crippen molar-refractivity contribution in [3.05, 3.63) is 63.2 Å². The first-order valence-electron chi connectivity index (χ1n) is 6.68. The molecule has 3 rings (SSSR count). The maximum Gasteiger partial charge on any atom is 0.216 e. The number of aromatic nitrogens is 5. The molecule has 1 aromatic carbocycles. The summed E-state index contributed by atoms with van der Waals surface area (Å²) in [6.07, 6.45) is 3.04. The third kappa shape index (κ3) is 3.38. The van der Waals surface area contributed by atoms with Gasteiger partial charge in [0.2, 0.25) is 4.77 Å². The van der Waals surface area contributed by atoms with E-state index in [0.717, 1.165) is 11.3 Å². The van der Waals surface area contributed by atoms with E-state index >= 15 is 0 Å². The van der Waals surface area contributed by atoms with Gasteiger partial charge in [-0.05, 0) is 36.8 Å². The molecule has 23 heavy (non-hydrogen) atoms. The maximum absolute atomic E-state index is 13.0. The van der Waals surface area contributed by atoms with Crippen LogP contribution in [0.1, 0.15) is 16.8 Å². The monoisotopic (exact) mass is 350 g/mol. The van der Waals surface area contributed by atoms with E-state index in [-0.39, 0.29) is 5.82 Å². The van der Waals surface area contributed by atoms with Gasteiger partial charge < -0.3 is 0 Å². The van der Waals surface area contributed by atoms with Crippen molar-refractivity contribution in [3.8, 4) is 0 Å². The maximum atomic E-state index is 13.0. The van der Waals surface area contributed by atoms with Gasteiger partial charge in [-0.25, -0.2) is 9.07 Å². The fraction of sp³-hybridized carbons (Fsp3) is 0.143. The van der Waals surface area contributed by atoms with Gasteiger partial charge in [0.05, 0.1) is 24.0 Å². The van der Waals surface area contributed by atoms with Crippen LogP contribution in [0.15, 0.2) is 35.7 Å². The third-order valence-electron chi connectivity index (χ3n) is 3.20. The highest BCUT2D eigenvalue weighted by atomic mass is 35.5. The Balaban J connectivity index is 1.87. The first-order chi connectivity index (χ1) is 11.0. The Kier molecular flexibility index (Phi) is 4.35. The van der Waals surface area contributed by atoms with Gasteiger partial charge >= 0.3 is 0 Å². The van der Waals surface area contributed by atoms with E-state index in [1.807, 2.05) is 6.92 Å². The number of hydrogen-bond donors (Lipinski definition) is 1. The molecule has 0 atom stereocenters. The molecule has 0 bridgehead atoms. The van der Waals surface area contributed by atoms with E-state index in [0.29, 0.717) is 22.0 Å². The van der Waals surface area contributed by atoms with Crippen molar-refractivity contribution in [2.45, 2.75) is 13.5 Å². The normalized spacial score (nSPS) is 11.4. The number of rotatable bonds is 4. The molecule has 0 aliphatic rings. The highest BCUT2D eigenvalue weighted by Crippen LogP contribution is 2.19. The topological polar surface area (TPSA) is 63.8 Å². The summed E-state index contributed by atoms with van der Waals surface area (Å²) >= 11 is 11.4. The van der Waals surface area contributed by atoms with Crippen molar-refractivity contribution in [1.82, 2.24) is 24.7 Å². The van der Waals surface area contributed by atoms with Gasteiger partial charge in [-0.3, -0.25) is 5.10 Å². The average Bonchev–Trinajstić information content (AvgIpc) is 3.04. The second-order valence-electron chi connectivity index (χ2n) is 4.82. The van der Waals surface area contributed by atoms with Crippen molar-refractivity contribution in [1.29, 1.82) is 0 Å². The molecule has 118 valence electrons. The highest BCUT2D eigenvalue weighted by molar-refractivity contribution is 7.71. The Hall–Kier alpha value is -2.32. The summed E-state index contributed by atoms with van der Waals surface area (Å²) in [6.45, 7) is 2.28.